The van der Waals surface area contributed by atoms with Crippen molar-refractivity contribution in [3.63, 3.8) is 0 Å². The van der Waals surface area contributed by atoms with E-state index in [2.05, 4.69) is 20.0 Å². The van der Waals surface area contributed by atoms with E-state index < -0.39 is 29.2 Å². The summed E-state index contributed by atoms with van der Waals surface area (Å²) >= 11 is 10.1. The summed E-state index contributed by atoms with van der Waals surface area (Å²) in [6.45, 7) is 0.379. The summed E-state index contributed by atoms with van der Waals surface area (Å²) in [5.41, 5.74) is 9.19. The number of thiazole rings is 2. The highest BCUT2D eigenvalue weighted by Crippen LogP contribution is 2.40. The number of nitrogen functional groups attached to an aromatic ring is 1. The lowest BCUT2D eigenvalue weighted by atomic mass is 10.0. The van der Waals surface area contributed by atoms with Crippen LogP contribution in [0.4, 0.5) is 5.13 Å². The predicted molar refractivity (Wildman–Crippen MR) is 133 cm³/mol. The minimum absolute atomic E-state index is 0.0344. The van der Waals surface area contributed by atoms with Crippen molar-refractivity contribution < 1.29 is 28.9 Å². The molecule has 2 amide bonds. The number of anilines is 1. The van der Waals surface area contributed by atoms with Crippen molar-refractivity contribution in [3.8, 4) is 0 Å². The Kier molecular flexibility index (Phi) is 6.94. The zero-order chi connectivity index (χ0) is 25.6. The molecule has 2 atom stereocenters. The number of carbonyl (C=O) groups excluding carboxylic acids is 3. The Labute approximate surface area is 223 Å². The molecule has 4 heterocycles. The summed E-state index contributed by atoms with van der Waals surface area (Å²) in [6, 6.07) is -0.961. The fourth-order valence-corrected chi connectivity index (χ4v) is 7.91. The van der Waals surface area contributed by atoms with Gasteiger partial charge in [-0.25, -0.2) is 4.98 Å². The number of fused-ring (bicyclic) bond motifs is 2. The van der Waals surface area contributed by atoms with E-state index in [1.807, 2.05) is 5.51 Å². The van der Waals surface area contributed by atoms with Gasteiger partial charge in [-0.15, -0.1) is 11.8 Å². The number of carboxylic acid groups (broad SMARTS) is 1. The maximum absolute atomic E-state index is 13.1. The summed E-state index contributed by atoms with van der Waals surface area (Å²) in [7, 11) is 1.26. The van der Waals surface area contributed by atoms with E-state index in [4.69, 9.17) is 22.2 Å². The van der Waals surface area contributed by atoms with Crippen molar-refractivity contribution in [2.75, 3.05) is 18.6 Å². The summed E-state index contributed by atoms with van der Waals surface area (Å²) in [5, 5.41) is 18.0. The molecule has 2 aliphatic heterocycles. The Balaban J connectivity index is 1.36. The number of halogens is 1. The Morgan fingerprint density at radius 1 is 1.42 bits per heavy atom. The van der Waals surface area contributed by atoms with E-state index in [0.717, 1.165) is 37.0 Å². The van der Waals surface area contributed by atoms with Crippen LogP contribution in [0, 0.1) is 0 Å². The molecular weight excluding hydrogens is 548 g/mol. The SMILES string of the molecule is CO/N=C(/C(=O)N[C@@H]1C(=O)N2C(C(=O)[O-])=C(C[n+]3csc4c3CCCC4)CS[C@H]12)c1nc(N)sc1Cl. The number of amides is 2. The fourth-order valence-electron chi connectivity index (χ4n) is 4.57. The molecular formula is C21H21ClN6O5S3. The number of β-lactam (4-membered cyclic amide) rings is 1. The van der Waals surface area contributed by atoms with Crippen LogP contribution >= 0.6 is 46.0 Å². The molecule has 15 heteroatoms. The van der Waals surface area contributed by atoms with E-state index >= 15 is 0 Å². The number of hydrogen-bond acceptors (Lipinski definition) is 11. The number of rotatable bonds is 7. The molecule has 0 unspecified atom stereocenters. The van der Waals surface area contributed by atoms with E-state index in [1.165, 1.54) is 34.3 Å². The number of oxime groups is 1. The van der Waals surface area contributed by atoms with E-state index in [-0.39, 0.29) is 26.6 Å². The van der Waals surface area contributed by atoms with Gasteiger partial charge in [-0.3, -0.25) is 14.5 Å². The molecule has 3 aliphatic rings. The van der Waals surface area contributed by atoms with Crippen molar-refractivity contribution in [3.05, 3.63) is 37.4 Å². The van der Waals surface area contributed by atoms with E-state index in [0.29, 0.717) is 17.9 Å². The number of nitrogens with one attached hydrogen (secondary N) is 1. The number of nitrogens with two attached hydrogens (primary N) is 1. The highest BCUT2D eigenvalue weighted by atomic mass is 35.5. The second-order valence-electron chi connectivity index (χ2n) is 8.33. The number of aliphatic carboxylic acids is 1. The first-order valence-corrected chi connectivity index (χ1v) is 14.1. The molecule has 2 aromatic heterocycles. The summed E-state index contributed by atoms with van der Waals surface area (Å²) in [6.07, 6.45) is 4.26. The Hall–Kier alpha value is -2.68. The van der Waals surface area contributed by atoms with Crippen molar-refractivity contribution in [2.24, 2.45) is 5.16 Å². The number of carbonyl (C=O) groups is 3. The molecule has 190 valence electrons. The molecule has 0 saturated carbocycles. The number of thioether (sulfide) groups is 1. The van der Waals surface area contributed by atoms with Crippen LogP contribution in [0.1, 0.15) is 29.1 Å². The van der Waals surface area contributed by atoms with Crippen LogP contribution in [-0.2, 0) is 38.6 Å². The highest BCUT2D eigenvalue weighted by Gasteiger charge is 2.53. The lowest BCUT2D eigenvalue weighted by Crippen LogP contribution is -2.71. The third-order valence-electron chi connectivity index (χ3n) is 6.17. The van der Waals surface area contributed by atoms with Gasteiger partial charge in [0.2, 0.25) is 5.51 Å². The highest BCUT2D eigenvalue weighted by molar-refractivity contribution is 8.00. The van der Waals surface area contributed by atoms with Crippen molar-refractivity contribution in [1.29, 1.82) is 0 Å². The maximum atomic E-state index is 13.1. The largest absolute Gasteiger partial charge is 0.543 e. The van der Waals surface area contributed by atoms with Crippen LogP contribution in [0.5, 0.6) is 0 Å². The molecule has 3 N–H and O–H groups in total. The van der Waals surface area contributed by atoms with Gasteiger partial charge in [0.25, 0.3) is 11.8 Å². The second-order valence-corrected chi connectivity index (χ2v) is 12.0. The van der Waals surface area contributed by atoms with Crippen LogP contribution in [0.15, 0.2) is 21.9 Å². The molecule has 11 nitrogen and oxygen atoms in total. The molecule has 1 fully saturated rings. The van der Waals surface area contributed by atoms with Crippen molar-refractivity contribution in [1.82, 2.24) is 15.2 Å². The lowest BCUT2D eigenvalue weighted by molar-refractivity contribution is -0.692. The summed E-state index contributed by atoms with van der Waals surface area (Å²) in [5.74, 6) is -2.32. The summed E-state index contributed by atoms with van der Waals surface area (Å²) in [4.78, 5) is 49.4. The molecule has 2 aromatic rings. The second kappa shape index (κ2) is 10.00. The maximum Gasteiger partial charge on any atom is 0.276 e. The van der Waals surface area contributed by atoms with Crippen LogP contribution in [-0.4, -0.2) is 57.7 Å². The molecule has 5 rings (SSSR count). The van der Waals surface area contributed by atoms with Gasteiger partial charge in [0.05, 0.1) is 16.5 Å². The van der Waals surface area contributed by atoms with Crippen LogP contribution in [0.2, 0.25) is 4.34 Å². The average molecular weight is 569 g/mol. The molecule has 1 aliphatic carbocycles. The number of carboxylic acids is 1. The quantitative estimate of drug-likeness (QED) is 0.206. The Morgan fingerprint density at radius 3 is 2.89 bits per heavy atom. The zero-order valence-corrected chi connectivity index (χ0v) is 22.2. The predicted octanol–water partition coefficient (Wildman–Crippen LogP) is 0.0611. The minimum Gasteiger partial charge on any atom is -0.543 e. The average Bonchev–Trinajstić information content (AvgIpc) is 3.42. The van der Waals surface area contributed by atoms with E-state index in [1.54, 1.807) is 11.3 Å². The van der Waals surface area contributed by atoms with E-state index in [9.17, 15) is 19.5 Å². The molecule has 1 saturated heterocycles. The van der Waals surface area contributed by atoms with Crippen LogP contribution in [0.3, 0.4) is 0 Å². The molecule has 0 radical (unpaired) electrons. The molecule has 0 aromatic carbocycles. The third-order valence-corrected chi connectivity index (χ3v) is 9.68. The lowest BCUT2D eigenvalue weighted by Gasteiger charge is -2.50. The van der Waals surface area contributed by atoms with Gasteiger partial charge in [0.15, 0.2) is 23.1 Å². The zero-order valence-electron chi connectivity index (χ0n) is 19.0. The van der Waals surface area contributed by atoms with Gasteiger partial charge in [0.1, 0.15) is 28.6 Å². The Bertz CT molecular complexity index is 1320. The smallest absolute Gasteiger partial charge is 0.276 e. The number of aromatic nitrogens is 2. The van der Waals surface area contributed by atoms with Gasteiger partial charge in [-0.2, -0.15) is 4.57 Å². The topological polar surface area (TPSA) is 154 Å². The normalized spacial score (nSPS) is 21.6. The molecule has 0 spiro atoms. The van der Waals surface area contributed by atoms with Gasteiger partial charge >= 0.3 is 0 Å². The Morgan fingerprint density at radius 2 is 2.19 bits per heavy atom. The minimum atomic E-state index is -1.41. The summed E-state index contributed by atoms with van der Waals surface area (Å²) < 4.78 is 2.23. The monoisotopic (exact) mass is 568 g/mol. The fraction of sp³-hybridized carbons (Fsp3) is 0.429. The first kappa shape index (κ1) is 25.0. The van der Waals surface area contributed by atoms with Gasteiger partial charge in [-0.05, 0) is 19.3 Å². The van der Waals surface area contributed by atoms with Gasteiger partial charge < -0.3 is 25.8 Å². The number of nitrogens with zero attached hydrogens (tertiary/aromatic N) is 4. The van der Waals surface area contributed by atoms with Crippen LogP contribution in [0.25, 0.3) is 0 Å². The van der Waals surface area contributed by atoms with Crippen molar-refractivity contribution in [2.45, 2.75) is 43.6 Å². The molecule has 36 heavy (non-hydrogen) atoms. The standard InChI is InChI=1S/C21H21ClN6O5S3/c1-33-26-13(12-16(22)36-21(23)25-12)17(29)24-14-18(30)28-15(20(31)32)9(7-34-19(14)28)6-27-8-35-11-5-3-2-4-10(11)27/h8,14,19H,2-7H2,1H3,(H3-,23,24,25,29,31,32)/b26-13+/t14-,19-/m1/s1. The first-order chi connectivity index (χ1) is 17.3. The third kappa shape index (κ3) is 4.35. The number of hydrogen-bond donors (Lipinski definition) is 2. The van der Waals surface area contributed by atoms with Crippen molar-refractivity contribution >= 4 is 74.7 Å². The molecule has 0 bridgehead atoms. The van der Waals surface area contributed by atoms with Crippen LogP contribution < -0.4 is 20.7 Å². The van der Waals surface area contributed by atoms with Gasteiger partial charge in [0, 0.05) is 17.7 Å². The van der Waals surface area contributed by atoms with Gasteiger partial charge in [-0.1, -0.05) is 39.4 Å². The number of aryl methyl sites for hydroxylation is 1. The first-order valence-electron chi connectivity index (χ1n) is 11.0.